The number of carbonyl (C=O) groups is 2. The van der Waals surface area contributed by atoms with E-state index in [-0.39, 0.29) is 12.2 Å². The maximum absolute atomic E-state index is 12.3. The molecular formula is C17H28O4. The van der Waals surface area contributed by atoms with Crippen molar-refractivity contribution in [2.75, 3.05) is 0 Å². The molecule has 0 spiro atoms. The van der Waals surface area contributed by atoms with Crippen molar-refractivity contribution in [2.24, 2.45) is 5.41 Å². The van der Waals surface area contributed by atoms with E-state index in [4.69, 9.17) is 9.47 Å². The van der Waals surface area contributed by atoms with Gasteiger partial charge in [-0.1, -0.05) is 12.8 Å². The van der Waals surface area contributed by atoms with E-state index < -0.39 is 17.4 Å². The van der Waals surface area contributed by atoms with Crippen molar-refractivity contribution in [1.82, 2.24) is 0 Å². The minimum atomic E-state index is -1.20. The molecule has 2 aliphatic rings. The highest BCUT2D eigenvalue weighted by Crippen LogP contribution is 2.28. The quantitative estimate of drug-likeness (QED) is 0.585. The highest BCUT2D eigenvalue weighted by Gasteiger charge is 2.41. The van der Waals surface area contributed by atoms with Crippen LogP contribution < -0.4 is 0 Å². The summed E-state index contributed by atoms with van der Waals surface area (Å²) >= 11 is 0. The van der Waals surface area contributed by atoms with Gasteiger partial charge in [-0.3, -0.25) is 9.59 Å². The molecule has 0 N–H and O–H groups in total. The molecule has 0 radical (unpaired) electrons. The van der Waals surface area contributed by atoms with Crippen LogP contribution in [0.25, 0.3) is 0 Å². The molecule has 0 bridgehead atoms. The first kappa shape index (κ1) is 16.3. The van der Waals surface area contributed by atoms with Gasteiger partial charge in [0.25, 0.3) is 0 Å². The van der Waals surface area contributed by atoms with Crippen molar-refractivity contribution >= 4 is 11.9 Å². The Morgan fingerprint density at radius 3 is 1.38 bits per heavy atom. The molecule has 21 heavy (non-hydrogen) atoms. The summed E-state index contributed by atoms with van der Waals surface area (Å²) in [6, 6.07) is 0. The zero-order chi connectivity index (χ0) is 15.3. The Labute approximate surface area is 127 Å². The maximum Gasteiger partial charge on any atom is 0.323 e. The third kappa shape index (κ3) is 4.45. The number of rotatable bonds is 4. The smallest absolute Gasteiger partial charge is 0.323 e. The Morgan fingerprint density at radius 2 is 1.05 bits per heavy atom. The van der Waals surface area contributed by atoms with Crippen LogP contribution in [0.4, 0.5) is 0 Å². The molecule has 0 heterocycles. The third-order valence-corrected chi connectivity index (χ3v) is 4.67. The van der Waals surface area contributed by atoms with Crippen LogP contribution in [-0.4, -0.2) is 24.1 Å². The molecule has 0 atom stereocenters. The largest absolute Gasteiger partial charge is 0.462 e. The number of hydrogen-bond acceptors (Lipinski definition) is 4. The van der Waals surface area contributed by atoms with Gasteiger partial charge in [-0.2, -0.15) is 0 Å². The third-order valence-electron chi connectivity index (χ3n) is 4.67. The molecular weight excluding hydrogens is 268 g/mol. The Bertz CT molecular complexity index is 329. The maximum atomic E-state index is 12.3. The van der Waals surface area contributed by atoms with Crippen LogP contribution in [0.1, 0.15) is 78.1 Å². The fourth-order valence-electron chi connectivity index (χ4n) is 3.05. The fraction of sp³-hybridized carbons (Fsp3) is 0.882. The fourth-order valence-corrected chi connectivity index (χ4v) is 3.05. The van der Waals surface area contributed by atoms with E-state index in [0.717, 1.165) is 51.4 Å². The lowest BCUT2D eigenvalue weighted by Crippen LogP contribution is -2.40. The molecule has 2 saturated carbocycles. The van der Waals surface area contributed by atoms with E-state index >= 15 is 0 Å². The van der Waals surface area contributed by atoms with E-state index in [0.29, 0.717) is 0 Å². The summed E-state index contributed by atoms with van der Waals surface area (Å²) < 4.78 is 11.1. The summed E-state index contributed by atoms with van der Waals surface area (Å²) in [5.74, 6) is -0.870. The van der Waals surface area contributed by atoms with Gasteiger partial charge in [-0.25, -0.2) is 0 Å². The average molecular weight is 296 g/mol. The summed E-state index contributed by atoms with van der Waals surface area (Å²) in [6.07, 6.45) is 10.5. The summed E-state index contributed by atoms with van der Waals surface area (Å²) in [5, 5.41) is 0. The zero-order valence-corrected chi connectivity index (χ0v) is 13.4. The van der Waals surface area contributed by atoms with Crippen molar-refractivity contribution in [3.8, 4) is 0 Å². The van der Waals surface area contributed by atoms with Crippen molar-refractivity contribution in [2.45, 2.75) is 90.3 Å². The van der Waals surface area contributed by atoms with E-state index in [2.05, 4.69) is 0 Å². The SMILES string of the molecule is CC(C)(C(=O)OC1CCCCC1)C(=O)OC1CCCCC1. The van der Waals surface area contributed by atoms with Crippen molar-refractivity contribution in [1.29, 1.82) is 0 Å². The Morgan fingerprint density at radius 1 is 0.714 bits per heavy atom. The molecule has 120 valence electrons. The molecule has 2 fully saturated rings. The Kier molecular flexibility index (Phi) is 5.65. The summed E-state index contributed by atoms with van der Waals surface area (Å²) in [5.41, 5.74) is -1.20. The standard InChI is InChI=1S/C17H28O4/c1-17(2,15(18)20-13-9-5-3-6-10-13)16(19)21-14-11-7-4-8-12-14/h13-14H,3-12H2,1-2H3. The van der Waals surface area contributed by atoms with Crippen LogP contribution in [0.5, 0.6) is 0 Å². The number of ether oxygens (including phenoxy) is 2. The topological polar surface area (TPSA) is 52.6 Å². The molecule has 4 nitrogen and oxygen atoms in total. The molecule has 0 aromatic heterocycles. The molecule has 2 rings (SSSR count). The second kappa shape index (κ2) is 7.28. The summed E-state index contributed by atoms with van der Waals surface area (Å²) in [4.78, 5) is 24.6. The van der Waals surface area contributed by atoms with Crippen LogP contribution in [-0.2, 0) is 19.1 Å². The summed E-state index contributed by atoms with van der Waals surface area (Å²) in [7, 11) is 0. The van der Waals surface area contributed by atoms with Gasteiger partial charge in [0, 0.05) is 0 Å². The highest BCUT2D eigenvalue weighted by atomic mass is 16.6. The summed E-state index contributed by atoms with van der Waals surface area (Å²) in [6.45, 7) is 3.23. The molecule has 0 amide bonds. The molecule has 0 aromatic carbocycles. The van der Waals surface area contributed by atoms with Gasteiger partial charge in [0.05, 0.1) is 0 Å². The highest BCUT2D eigenvalue weighted by molar-refractivity contribution is 5.99. The van der Waals surface area contributed by atoms with Crippen LogP contribution in [0, 0.1) is 5.41 Å². The van der Waals surface area contributed by atoms with Gasteiger partial charge in [-0.15, -0.1) is 0 Å². The molecule has 0 saturated heterocycles. The number of carbonyl (C=O) groups excluding carboxylic acids is 2. The lowest BCUT2D eigenvalue weighted by molar-refractivity contribution is -0.177. The van der Waals surface area contributed by atoms with E-state index in [1.165, 1.54) is 12.8 Å². The first-order valence-electron chi connectivity index (χ1n) is 8.42. The van der Waals surface area contributed by atoms with E-state index in [1.54, 1.807) is 13.8 Å². The zero-order valence-electron chi connectivity index (χ0n) is 13.4. The van der Waals surface area contributed by atoms with Gasteiger partial charge in [0.1, 0.15) is 12.2 Å². The average Bonchev–Trinajstić information content (AvgIpc) is 2.49. The van der Waals surface area contributed by atoms with Crippen LogP contribution >= 0.6 is 0 Å². The minimum absolute atomic E-state index is 0.0204. The predicted molar refractivity (Wildman–Crippen MR) is 79.7 cm³/mol. The van der Waals surface area contributed by atoms with E-state index in [1.807, 2.05) is 0 Å². The van der Waals surface area contributed by atoms with Gasteiger partial charge in [-0.05, 0) is 65.2 Å². The first-order valence-corrected chi connectivity index (χ1v) is 8.42. The normalized spacial score (nSPS) is 21.8. The van der Waals surface area contributed by atoms with Crippen LogP contribution in [0.2, 0.25) is 0 Å². The molecule has 0 aromatic rings. The predicted octanol–water partition coefficient (Wildman–Crippen LogP) is 3.76. The molecule has 4 heteroatoms. The van der Waals surface area contributed by atoms with Gasteiger partial charge in [0.15, 0.2) is 5.41 Å². The van der Waals surface area contributed by atoms with Crippen molar-refractivity contribution in [3.63, 3.8) is 0 Å². The first-order chi connectivity index (χ1) is 10.00. The second-order valence-corrected chi connectivity index (χ2v) is 6.96. The minimum Gasteiger partial charge on any atom is -0.462 e. The van der Waals surface area contributed by atoms with Crippen molar-refractivity contribution in [3.05, 3.63) is 0 Å². The second-order valence-electron chi connectivity index (χ2n) is 6.96. The Balaban J connectivity index is 1.85. The van der Waals surface area contributed by atoms with E-state index in [9.17, 15) is 9.59 Å². The number of hydrogen-bond donors (Lipinski definition) is 0. The molecule has 0 aliphatic heterocycles. The molecule has 2 aliphatic carbocycles. The molecule has 0 unspecified atom stereocenters. The van der Waals surface area contributed by atoms with Gasteiger partial charge in [0.2, 0.25) is 0 Å². The lowest BCUT2D eigenvalue weighted by Gasteiger charge is -2.29. The monoisotopic (exact) mass is 296 g/mol. The number of esters is 2. The van der Waals surface area contributed by atoms with Gasteiger partial charge >= 0.3 is 11.9 Å². The van der Waals surface area contributed by atoms with Crippen LogP contribution in [0.3, 0.4) is 0 Å². The van der Waals surface area contributed by atoms with Crippen molar-refractivity contribution < 1.29 is 19.1 Å². The van der Waals surface area contributed by atoms with Crippen LogP contribution in [0.15, 0.2) is 0 Å². The van der Waals surface area contributed by atoms with Gasteiger partial charge < -0.3 is 9.47 Å². The lowest BCUT2D eigenvalue weighted by atomic mass is 9.92. The Hall–Kier alpha value is -1.06.